The second-order valence-electron chi connectivity index (χ2n) is 8.21. The standard InChI is InChI=1S/C22H32N2O4/c1-4-28-22(27)21-14(2)20(15(3)23-21)18(25)13-24(17-10-11-17)19(26)12-9-16-7-5-6-8-16/h16-17,23H,4-13H2,1-3H3. The maximum absolute atomic E-state index is 13.0. The molecule has 1 aromatic heterocycles. The molecule has 6 heteroatoms. The molecule has 2 aliphatic carbocycles. The summed E-state index contributed by atoms with van der Waals surface area (Å²) in [6.45, 7) is 5.67. The molecule has 1 N–H and O–H groups in total. The van der Waals surface area contributed by atoms with Crippen molar-refractivity contribution >= 4 is 17.7 Å². The molecule has 0 unspecified atom stereocenters. The summed E-state index contributed by atoms with van der Waals surface area (Å²) < 4.78 is 5.06. The Labute approximate surface area is 167 Å². The first-order valence-electron chi connectivity index (χ1n) is 10.6. The predicted molar refractivity (Wildman–Crippen MR) is 106 cm³/mol. The van der Waals surface area contributed by atoms with E-state index in [2.05, 4.69) is 4.98 Å². The van der Waals surface area contributed by atoms with E-state index in [0.29, 0.717) is 34.9 Å². The number of H-pyrrole nitrogens is 1. The highest BCUT2D eigenvalue weighted by atomic mass is 16.5. The topological polar surface area (TPSA) is 79.5 Å². The van der Waals surface area contributed by atoms with Crippen LogP contribution in [-0.2, 0) is 9.53 Å². The number of ether oxygens (including phenoxy) is 1. The minimum atomic E-state index is -0.450. The highest BCUT2D eigenvalue weighted by molar-refractivity contribution is 6.04. The predicted octanol–water partition coefficient (Wildman–Crippen LogP) is 3.95. The number of ketones is 1. The first-order valence-corrected chi connectivity index (χ1v) is 10.6. The van der Waals surface area contributed by atoms with Crippen molar-refractivity contribution in [2.24, 2.45) is 5.92 Å². The second-order valence-corrected chi connectivity index (χ2v) is 8.21. The molecule has 2 fully saturated rings. The van der Waals surface area contributed by atoms with E-state index in [1.165, 1.54) is 25.7 Å². The molecule has 0 bridgehead atoms. The lowest BCUT2D eigenvalue weighted by atomic mass is 10.0. The Morgan fingerprint density at radius 3 is 2.39 bits per heavy atom. The van der Waals surface area contributed by atoms with Gasteiger partial charge in [-0.2, -0.15) is 0 Å². The van der Waals surface area contributed by atoms with Crippen LogP contribution in [0, 0.1) is 19.8 Å². The molecule has 28 heavy (non-hydrogen) atoms. The molecule has 2 aliphatic rings. The summed E-state index contributed by atoms with van der Waals surface area (Å²) in [6, 6.07) is 0.198. The number of nitrogens with zero attached hydrogens (tertiary/aromatic N) is 1. The number of aromatic nitrogens is 1. The molecule has 6 nitrogen and oxygen atoms in total. The first kappa shape index (κ1) is 20.6. The van der Waals surface area contributed by atoms with E-state index in [0.717, 1.165) is 19.3 Å². The van der Waals surface area contributed by atoms with E-state index < -0.39 is 5.97 Å². The number of hydrogen-bond acceptors (Lipinski definition) is 4. The zero-order valence-electron chi connectivity index (χ0n) is 17.3. The van der Waals surface area contributed by atoms with Crippen molar-refractivity contribution < 1.29 is 19.1 Å². The molecule has 154 valence electrons. The minimum absolute atomic E-state index is 0.0932. The number of aryl methyl sites for hydroxylation is 1. The number of Topliss-reactive ketones (excluding diaryl/α,β-unsaturated/α-hetero) is 1. The van der Waals surface area contributed by atoms with Gasteiger partial charge in [0.05, 0.1) is 13.2 Å². The van der Waals surface area contributed by atoms with E-state index in [-0.39, 0.29) is 30.9 Å². The molecule has 0 saturated heterocycles. The summed E-state index contributed by atoms with van der Waals surface area (Å²) in [5.41, 5.74) is 2.10. The van der Waals surface area contributed by atoms with E-state index in [1.807, 2.05) is 0 Å². The minimum Gasteiger partial charge on any atom is -0.461 e. The third-order valence-electron chi connectivity index (χ3n) is 6.06. The molecule has 2 saturated carbocycles. The van der Waals surface area contributed by atoms with E-state index >= 15 is 0 Å². The van der Waals surface area contributed by atoms with Gasteiger partial charge in [0.25, 0.3) is 0 Å². The average molecular weight is 389 g/mol. The fraction of sp³-hybridized carbons (Fsp3) is 0.682. The van der Waals surface area contributed by atoms with Crippen LogP contribution in [0.5, 0.6) is 0 Å². The summed E-state index contributed by atoms with van der Waals surface area (Å²) in [4.78, 5) is 42.7. The molecule has 1 amide bonds. The Morgan fingerprint density at radius 1 is 1.11 bits per heavy atom. The highest BCUT2D eigenvalue weighted by Crippen LogP contribution is 2.31. The summed E-state index contributed by atoms with van der Waals surface area (Å²) in [5.74, 6) is 0.206. The number of carbonyl (C=O) groups excluding carboxylic acids is 3. The maximum atomic E-state index is 13.0. The smallest absolute Gasteiger partial charge is 0.355 e. The average Bonchev–Trinajstić information content (AvgIpc) is 3.27. The van der Waals surface area contributed by atoms with Gasteiger partial charge < -0.3 is 14.6 Å². The number of aromatic amines is 1. The monoisotopic (exact) mass is 388 g/mol. The Hall–Kier alpha value is -2.11. The third-order valence-corrected chi connectivity index (χ3v) is 6.06. The van der Waals surface area contributed by atoms with Crippen LogP contribution in [0.15, 0.2) is 0 Å². The quantitative estimate of drug-likeness (QED) is 0.513. The van der Waals surface area contributed by atoms with Gasteiger partial charge in [0.2, 0.25) is 5.91 Å². The molecule has 1 aromatic rings. The molecule has 0 aromatic carbocycles. The Bertz CT molecular complexity index is 742. The number of rotatable bonds is 9. The van der Waals surface area contributed by atoms with Crippen LogP contribution in [0.4, 0.5) is 0 Å². The van der Waals surface area contributed by atoms with Crippen molar-refractivity contribution in [1.29, 1.82) is 0 Å². The Kier molecular flexibility index (Phi) is 6.57. The number of carbonyl (C=O) groups is 3. The van der Waals surface area contributed by atoms with Crippen LogP contribution < -0.4 is 0 Å². The summed E-state index contributed by atoms with van der Waals surface area (Å²) >= 11 is 0. The first-order chi connectivity index (χ1) is 13.4. The SMILES string of the molecule is CCOC(=O)c1[nH]c(C)c(C(=O)CN(C(=O)CCC2CCCC2)C2CC2)c1C. The molecule has 0 atom stereocenters. The lowest BCUT2D eigenvalue weighted by Gasteiger charge is -2.22. The Morgan fingerprint density at radius 2 is 1.79 bits per heavy atom. The second kappa shape index (κ2) is 8.93. The lowest BCUT2D eigenvalue weighted by Crippen LogP contribution is -2.37. The lowest BCUT2D eigenvalue weighted by molar-refractivity contribution is -0.131. The molecule has 0 spiro atoms. The normalized spacial score (nSPS) is 17.0. The van der Waals surface area contributed by atoms with Crippen LogP contribution in [0.3, 0.4) is 0 Å². The number of amides is 1. The third kappa shape index (κ3) is 4.65. The van der Waals surface area contributed by atoms with Crippen molar-refractivity contribution in [1.82, 2.24) is 9.88 Å². The van der Waals surface area contributed by atoms with Gasteiger partial charge in [-0.25, -0.2) is 4.79 Å². The zero-order chi connectivity index (χ0) is 20.3. The fourth-order valence-electron chi connectivity index (χ4n) is 4.39. The highest BCUT2D eigenvalue weighted by Gasteiger charge is 2.35. The van der Waals surface area contributed by atoms with Gasteiger partial charge >= 0.3 is 5.97 Å². The van der Waals surface area contributed by atoms with Crippen LogP contribution in [0.25, 0.3) is 0 Å². The van der Waals surface area contributed by atoms with Crippen LogP contribution >= 0.6 is 0 Å². The van der Waals surface area contributed by atoms with Crippen molar-refractivity contribution in [3.63, 3.8) is 0 Å². The van der Waals surface area contributed by atoms with E-state index in [9.17, 15) is 14.4 Å². The van der Waals surface area contributed by atoms with Crippen molar-refractivity contribution in [3.05, 3.63) is 22.5 Å². The van der Waals surface area contributed by atoms with Gasteiger partial charge in [-0.15, -0.1) is 0 Å². The molecular formula is C22H32N2O4. The molecular weight excluding hydrogens is 356 g/mol. The Balaban J connectivity index is 1.67. The van der Waals surface area contributed by atoms with Gasteiger partial charge in [-0.05, 0) is 51.5 Å². The van der Waals surface area contributed by atoms with E-state index in [4.69, 9.17) is 4.74 Å². The molecule has 3 rings (SSSR count). The van der Waals surface area contributed by atoms with Gasteiger partial charge in [-0.3, -0.25) is 9.59 Å². The van der Waals surface area contributed by atoms with Crippen molar-refractivity contribution in [2.75, 3.05) is 13.2 Å². The van der Waals surface area contributed by atoms with Crippen molar-refractivity contribution in [2.45, 2.75) is 78.2 Å². The van der Waals surface area contributed by atoms with Crippen molar-refractivity contribution in [3.8, 4) is 0 Å². The summed E-state index contributed by atoms with van der Waals surface area (Å²) in [6.07, 6.45) is 8.43. The number of esters is 1. The molecule has 1 heterocycles. The molecule has 0 radical (unpaired) electrons. The summed E-state index contributed by atoms with van der Waals surface area (Å²) in [5, 5.41) is 0. The van der Waals surface area contributed by atoms with E-state index in [1.54, 1.807) is 25.7 Å². The number of nitrogens with one attached hydrogen (secondary N) is 1. The fourth-order valence-corrected chi connectivity index (χ4v) is 4.39. The van der Waals surface area contributed by atoms with Gasteiger partial charge in [0.1, 0.15) is 5.69 Å². The number of hydrogen-bond donors (Lipinski definition) is 1. The van der Waals surface area contributed by atoms with Crippen LogP contribution in [-0.4, -0.2) is 46.7 Å². The van der Waals surface area contributed by atoms with Crippen LogP contribution in [0.2, 0.25) is 0 Å². The summed E-state index contributed by atoms with van der Waals surface area (Å²) in [7, 11) is 0. The van der Waals surface area contributed by atoms with Gasteiger partial charge in [0, 0.05) is 23.7 Å². The largest absolute Gasteiger partial charge is 0.461 e. The molecule has 0 aliphatic heterocycles. The van der Waals surface area contributed by atoms with Crippen LogP contribution in [0.1, 0.15) is 90.4 Å². The maximum Gasteiger partial charge on any atom is 0.355 e. The van der Waals surface area contributed by atoms with Gasteiger partial charge in [-0.1, -0.05) is 25.7 Å². The zero-order valence-corrected chi connectivity index (χ0v) is 17.3. The van der Waals surface area contributed by atoms with Gasteiger partial charge in [0.15, 0.2) is 5.78 Å².